The highest BCUT2D eigenvalue weighted by Crippen LogP contribution is 2.23. The number of aromatic nitrogens is 2. The first-order valence-corrected chi connectivity index (χ1v) is 7.03. The van der Waals surface area contributed by atoms with Crippen LogP contribution in [-0.4, -0.2) is 29.2 Å². The van der Waals surface area contributed by atoms with Crippen LogP contribution >= 0.6 is 0 Å². The molecule has 0 saturated heterocycles. The molecule has 1 aliphatic carbocycles. The van der Waals surface area contributed by atoms with Gasteiger partial charge in [0.15, 0.2) is 5.69 Å². The molecule has 1 aromatic rings. The number of nitrogens with zero attached hydrogens (tertiary/aromatic N) is 2. The lowest BCUT2D eigenvalue weighted by atomic mass is 9.97. The van der Waals surface area contributed by atoms with Crippen LogP contribution < -0.4 is 10.6 Å². The lowest BCUT2D eigenvalue weighted by molar-refractivity contribution is 0.0915. The fourth-order valence-corrected chi connectivity index (χ4v) is 2.54. The van der Waals surface area contributed by atoms with Crippen LogP contribution in [-0.2, 0) is 0 Å². The van der Waals surface area contributed by atoms with Gasteiger partial charge in [0.05, 0.1) is 0 Å². The fourth-order valence-electron chi connectivity index (χ4n) is 2.54. The Morgan fingerprint density at radius 2 is 2.00 bits per heavy atom. The van der Waals surface area contributed by atoms with E-state index in [2.05, 4.69) is 27.8 Å². The third-order valence-corrected chi connectivity index (χ3v) is 3.83. The topological polar surface area (TPSA) is 66.9 Å². The molecule has 1 heterocycles. The summed E-state index contributed by atoms with van der Waals surface area (Å²) in [4.78, 5) is 12.1. The van der Waals surface area contributed by atoms with Crippen LogP contribution in [0.15, 0.2) is 12.1 Å². The molecule has 0 bridgehead atoms. The minimum atomic E-state index is -0.117. The Morgan fingerprint density at radius 1 is 1.21 bits per heavy atom. The molecule has 5 heteroatoms. The number of nitrogens with one attached hydrogen (secondary N) is 2. The van der Waals surface area contributed by atoms with Crippen molar-refractivity contribution in [3.8, 4) is 0 Å². The Labute approximate surface area is 114 Å². The van der Waals surface area contributed by atoms with Crippen LogP contribution in [0.25, 0.3) is 0 Å². The summed E-state index contributed by atoms with van der Waals surface area (Å²) in [7, 11) is 1.77. The number of anilines is 1. The molecular weight excluding hydrogens is 240 g/mol. The van der Waals surface area contributed by atoms with E-state index in [0.717, 1.165) is 6.42 Å². The van der Waals surface area contributed by atoms with Crippen molar-refractivity contribution >= 4 is 11.7 Å². The van der Waals surface area contributed by atoms with E-state index in [0.29, 0.717) is 17.4 Å². The van der Waals surface area contributed by atoms with Gasteiger partial charge in [0.1, 0.15) is 5.82 Å². The van der Waals surface area contributed by atoms with E-state index < -0.39 is 0 Å². The Balaban J connectivity index is 1.98. The molecule has 0 radical (unpaired) electrons. The van der Waals surface area contributed by atoms with Crippen molar-refractivity contribution in [2.45, 2.75) is 45.1 Å². The Kier molecular flexibility index (Phi) is 4.71. The van der Waals surface area contributed by atoms with E-state index in [1.165, 1.54) is 25.7 Å². The molecule has 2 rings (SSSR count). The largest absolute Gasteiger partial charge is 0.372 e. The maximum atomic E-state index is 12.1. The van der Waals surface area contributed by atoms with Crippen LogP contribution in [0.4, 0.5) is 5.82 Å². The van der Waals surface area contributed by atoms with E-state index in [1.54, 1.807) is 19.2 Å². The molecule has 5 nitrogen and oxygen atoms in total. The van der Waals surface area contributed by atoms with E-state index >= 15 is 0 Å². The molecule has 1 aliphatic rings. The molecule has 2 atom stereocenters. The Morgan fingerprint density at radius 3 is 2.68 bits per heavy atom. The third-order valence-electron chi connectivity index (χ3n) is 3.83. The van der Waals surface area contributed by atoms with Crippen LogP contribution in [0.5, 0.6) is 0 Å². The minimum absolute atomic E-state index is 0.117. The first kappa shape index (κ1) is 13.8. The van der Waals surface area contributed by atoms with Gasteiger partial charge in [-0.1, -0.05) is 26.2 Å². The van der Waals surface area contributed by atoms with Gasteiger partial charge in [0.25, 0.3) is 5.91 Å². The summed E-state index contributed by atoms with van der Waals surface area (Å²) in [6.45, 7) is 2.21. The van der Waals surface area contributed by atoms with Gasteiger partial charge in [0, 0.05) is 13.1 Å². The monoisotopic (exact) mass is 262 g/mol. The molecule has 2 unspecified atom stereocenters. The van der Waals surface area contributed by atoms with Crippen LogP contribution in [0.1, 0.15) is 49.5 Å². The first-order chi connectivity index (χ1) is 9.20. The summed E-state index contributed by atoms with van der Waals surface area (Å²) < 4.78 is 0. The number of carbonyl (C=O) groups excluding carboxylic acids is 1. The summed E-state index contributed by atoms with van der Waals surface area (Å²) in [6, 6.07) is 3.73. The smallest absolute Gasteiger partial charge is 0.272 e. The zero-order valence-corrected chi connectivity index (χ0v) is 11.6. The van der Waals surface area contributed by atoms with Gasteiger partial charge in [0.2, 0.25) is 0 Å². The van der Waals surface area contributed by atoms with E-state index in [-0.39, 0.29) is 11.9 Å². The molecule has 1 fully saturated rings. The van der Waals surface area contributed by atoms with Gasteiger partial charge >= 0.3 is 0 Å². The zero-order valence-electron chi connectivity index (χ0n) is 11.6. The molecular formula is C14H22N4O. The molecule has 19 heavy (non-hydrogen) atoms. The van der Waals surface area contributed by atoms with Crippen LogP contribution in [0.2, 0.25) is 0 Å². The van der Waals surface area contributed by atoms with E-state index in [9.17, 15) is 4.79 Å². The number of rotatable bonds is 3. The molecule has 0 aromatic carbocycles. The highest BCUT2D eigenvalue weighted by atomic mass is 16.2. The van der Waals surface area contributed by atoms with Crippen LogP contribution in [0, 0.1) is 5.92 Å². The van der Waals surface area contributed by atoms with Crippen molar-refractivity contribution in [3.63, 3.8) is 0 Å². The van der Waals surface area contributed by atoms with Gasteiger partial charge in [-0.05, 0) is 30.9 Å². The summed E-state index contributed by atoms with van der Waals surface area (Å²) in [5.41, 5.74) is 0.385. The second-order valence-corrected chi connectivity index (χ2v) is 5.25. The second-order valence-electron chi connectivity index (χ2n) is 5.25. The fraction of sp³-hybridized carbons (Fsp3) is 0.643. The van der Waals surface area contributed by atoms with Crippen LogP contribution in [0.3, 0.4) is 0 Å². The zero-order chi connectivity index (χ0) is 13.7. The third kappa shape index (κ3) is 3.66. The molecule has 1 saturated carbocycles. The highest BCUT2D eigenvalue weighted by Gasteiger charge is 2.22. The standard InChI is InChI=1S/C14H22N4O/c1-10-6-4-3-5-7-11(10)16-14(19)12-8-9-13(15-2)18-17-12/h8-11H,3-7H2,1-2H3,(H,15,18)(H,16,19). The normalized spacial score (nSPS) is 23.5. The highest BCUT2D eigenvalue weighted by molar-refractivity contribution is 5.92. The molecule has 1 aromatic heterocycles. The summed E-state index contributed by atoms with van der Waals surface area (Å²) in [6.07, 6.45) is 5.99. The van der Waals surface area contributed by atoms with Crippen molar-refractivity contribution in [2.24, 2.45) is 5.92 Å². The lowest BCUT2D eigenvalue weighted by Gasteiger charge is -2.22. The number of hydrogen-bond donors (Lipinski definition) is 2. The summed E-state index contributed by atoms with van der Waals surface area (Å²) in [5, 5.41) is 13.9. The van der Waals surface area contributed by atoms with Crippen molar-refractivity contribution in [1.29, 1.82) is 0 Å². The molecule has 0 spiro atoms. The van der Waals surface area contributed by atoms with Gasteiger partial charge in [-0.3, -0.25) is 4.79 Å². The van der Waals surface area contributed by atoms with Crippen molar-refractivity contribution < 1.29 is 4.79 Å². The van der Waals surface area contributed by atoms with Crippen molar-refractivity contribution in [3.05, 3.63) is 17.8 Å². The SMILES string of the molecule is CNc1ccc(C(=O)NC2CCCCCC2C)nn1. The number of amides is 1. The van der Waals surface area contributed by atoms with E-state index in [4.69, 9.17) is 0 Å². The molecule has 1 amide bonds. The van der Waals surface area contributed by atoms with Gasteiger partial charge < -0.3 is 10.6 Å². The Hall–Kier alpha value is -1.65. The average Bonchev–Trinajstić information content (AvgIpc) is 2.64. The summed E-state index contributed by atoms with van der Waals surface area (Å²) in [5.74, 6) is 1.09. The maximum Gasteiger partial charge on any atom is 0.272 e. The number of hydrogen-bond acceptors (Lipinski definition) is 4. The molecule has 104 valence electrons. The lowest BCUT2D eigenvalue weighted by Crippen LogP contribution is -2.39. The Bertz CT molecular complexity index is 418. The van der Waals surface area contributed by atoms with Crippen molar-refractivity contribution in [1.82, 2.24) is 15.5 Å². The van der Waals surface area contributed by atoms with Crippen molar-refractivity contribution in [2.75, 3.05) is 12.4 Å². The minimum Gasteiger partial charge on any atom is -0.372 e. The quantitative estimate of drug-likeness (QED) is 0.820. The number of carbonyl (C=O) groups is 1. The van der Waals surface area contributed by atoms with Gasteiger partial charge in [-0.25, -0.2) is 0 Å². The maximum absolute atomic E-state index is 12.1. The first-order valence-electron chi connectivity index (χ1n) is 7.03. The second kappa shape index (κ2) is 6.50. The van der Waals surface area contributed by atoms with Gasteiger partial charge in [-0.15, -0.1) is 10.2 Å². The average molecular weight is 262 g/mol. The molecule has 2 N–H and O–H groups in total. The summed E-state index contributed by atoms with van der Waals surface area (Å²) >= 11 is 0. The molecule has 0 aliphatic heterocycles. The van der Waals surface area contributed by atoms with Gasteiger partial charge in [-0.2, -0.15) is 0 Å². The predicted octanol–water partition coefficient (Wildman–Crippen LogP) is 2.22. The predicted molar refractivity (Wildman–Crippen MR) is 75.1 cm³/mol. The van der Waals surface area contributed by atoms with E-state index in [1.807, 2.05) is 0 Å².